The van der Waals surface area contributed by atoms with E-state index >= 15 is 0 Å². The molecule has 7 heteroatoms. The summed E-state index contributed by atoms with van der Waals surface area (Å²) in [7, 11) is 0. The molecule has 0 radical (unpaired) electrons. The van der Waals surface area contributed by atoms with Crippen LogP contribution in [-0.4, -0.2) is 31.9 Å². The maximum absolute atomic E-state index is 12.7. The van der Waals surface area contributed by atoms with E-state index in [4.69, 9.17) is 0 Å². The van der Waals surface area contributed by atoms with Crippen molar-refractivity contribution in [1.29, 1.82) is 0 Å². The van der Waals surface area contributed by atoms with Gasteiger partial charge in [-0.15, -0.1) is 0 Å². The molecule has 0 atom stereocenters. The summed E-state index contributed by atoms with van der Waals surface area (Å²) < 4.78 is 0. The number of aryl methyl sites for hydroxylation is 1. The van der Waals surface area contributed by atoms with Gasteiger partial charge in [0.25, 0.3) is 5.91 Å². The number of amides is 1. The molecule has 0 aliphatic rings. The molecule has 1 aromatic carbocycles. The van der Waals surface area contributed by atoms with E-state index in [-0.39, 0.29) is 17.3 Å². The van der Waals surface area contributed by atoms with Gasteiger partial charge in [0.1, 0.15) is 11.5 Å². The van der Waals surface area contributed by atoms with Gasteiger partial charge < -0.3 is 15.4 Å². The van der Waals surface area contributed by atoms with Crippen molar-refractivity contribution >= 4 is 17.7 Å². The van der Waals surface area contributed by atoms with Gasteiger partial charge in [-0.1, -0.05) is 25.1 Å². The minimum atomic E-state index is -1.14. The van der Waals surface area contributed by atoms with Crippen LogP contribution < -0.4 is 5.32 Å². The van der Waals surface area contributed by atoms with Gasteiger partial charge in [-0.2, -0.15) is 0 Å². The van der Waals surface area contributed by atoms with Crippen molar-refractivity contribution in [2.75, 3.05) is 5.32 Å². The molecule has 0 spiro atoms. The zero-order valence-electron chi connectivity index (χ0n) is 13.5. The van der Waals surface area contributed by atoms with E-state index in [1.54, 1.807) is 36.5 Å². The number of pyridine rings is 1. The third-order valence-electron chi connectivity index (χ3n) is 3.75. The third kappa shape index (κ3) is 3.40. The molecule has 2 heterocycles. The number of carbonyl (C=O) groups is 2. The van der Waals surface area contributed by atoms with Crippen molar-refractivity contribution in [3.63, 3.8) is 0 Å². The average molecular weight is 336 g/mol. The quantitative estimate of drug-likeness (QED) is 0.664. The summed E-state index contributed by atoms with van der Waals surface area (Å²) in [6, 6.07) is 10.4. The van der Waals surface area contributed by atoms with Crippen LogP contribution in [0.15, 0.2) is 48.9 Å². The van der Waals surface area contributed by atoms with E-state index in [1.165, 1.54) is 6.33 Å². The summed E-state index contributed by atoms with van der Waals surface area (Å²) in [6.07, 6.45) is 3.76. The molecule has 3 rings (SSSR count). The zero-order valence-corrected chi connectivity index (χ0v) is 13.5. The lowest BCUT2D eigenvalue weighted by Gasteiger charge is -2.09. The van der Waals surface area contributed by atoms with Gasteiger partial charge >= 0.3 is 5.97 Å². The Hall–Kier alpha value is -3.48. The SMILES string of the molecule is CCc1ccnc(NC(=O)c2ccccc2-c2nc[nH]c2C(=O)O)c1. The molecule has 1 amide bonds. The number of rotatable bonds is 5. The number of H-pyrrole nitrogens is 1. The number of nitrogens with one attached hydrogen (secondary N) is 2. The minimum absolute atomic E-state index is 0.0636. The summed E-state index contributed by atoms with van der Waals surface area (Å²) in [4.78, 5) is 34.8. The number of carboxylic acid groups (broad SMARTS) is 1. The van der Waals surface area contributed by atoms with E-state index in [1.807, 2.05) is 13.0 Å². The van der Waals surface area contributed by atoms with Gasteiger partial charge in [-0.3, -0.25) is 4.79 Å². The number of aromatic carboxylic acids is 1. The fraction of sp³-hybridized carbons (Fsp3) is 0.111. The normalized spacial score (nSPS) is 10.4. The topological polar surface area (TPSA) is 108 Å². The first-order chi connectivity index (χ1) is 12.1. The number of carbonyl (C=O) groups excluding carboxylic acids is 1. The second-order valence-electron chi connectivity index (χ2n) is 5.33. The minimum Gasteiger partial charge on any atom is -0.477 e. The lowest BCUT2D eigenvalue weighted by atomic mass is 10.0. The molecule has 3 aromatic rings. The van der Waals surface area contributed by atoms with Crippen molar-refractivity contribution in [3.8, 4) is 11.3 Å². The number of imidazole rings is 1. The number of benzene rings is 1. The highest BCUT2D eigenvalue weighted by molar-refractivity contribution is 6.09. The van der Waals surface area contributed by atoms with Crippen LogP contribution in [0.4, 0.5) is 5.82 Å². The van der Waals surface area contributed by atoms with Crippen LogP contribution >= 0.6 is 0 Å². The summed E-state index contributed by atoms with van der Waals surface area (Å²) in [5.41, 5.74) is 1.96. The van der Waals surface area contributed by atoms with Gasteiger partial charge in [-0.05, 0) is 30.2 Å². The fourth-order valence-corrected chi connectivity index (χ4v) is 2.50. The lowest BCUT2D eigenvalue weighted by molar-refractivity contribution is 0.0691. The van der Waals surface area contributed by atoms with Gasteiger partial charge in [0.15, 0.2) is 5.69 Å². The first-order valence-electron chi connectivity index (χ1n) is 7.72. The first kappa shape index (κ1) is 16.4. The van der Waals surface area contributed by atoms with Crippen LogP contribution in [0.1, 0.15) is 33.3 Å². The molecule has 0 unspecified atom stereocenters. The smallest absolute Gasteiger partial charge is 0.354 e. The molecule has 25 heavy (non-hydrogen) atoms. The van der Waals surface area contributed by atoms with Crippen LogP contribution in [0.5, 0.6) is 0 Å². The van der Waals surface area contributed by atoms with Gasteiger partial charge in [0.05, 0.1) is 6.33 Å². The number of hydrogen-bond donors (Lipinski definition) is 3. The molecule has 7 nitrogen and oxygen atoms in total. The lowest BCUT2D eigenvalue weighted by Crippen LogP contribution is -2.14. The number of hydrogen-bond acceptors (Lipinski definition) is 4. The molecular weight excluding hydrogens is 320 g/mol. The van der Waals surface area contributed by atoms with Crippen molar-refractivity contribution < 1.29 is 14.7 Å². The summed E-state index contributed by atoms with van der Waals surface area (Å²) >= 11 is 0. The average Bonchev–Trinajstić information content (AvgIpc) is 3.12. The molecule has 0 saturated carbocycles. The molecule has 0 aliphatic carbocycles. The fourth-order valence-electron chi connectivity index (χ4n) is 2.50. The summed E-state index contributed by atoms with van der Waals surface area (Å²) in [5, 5.41) is 12.0. The van der Waals surface area contributed by atoms with Gasteiger partial charge in [0, 0.05) is 17.3 Å². The number of nitrogens with zero attached hydrogens (tertiary/aromatic N) is 2. The number of carboxylic acids is 1. The van der Waals surface area contributed by atoms with Crippen LogP contribution in [0, 0.1) is 0 Å². The number of aromatic amines is 1. The first-order valence-corrected chi connectivity index (χ1v) is 7.72. The highest BCUT2D eigenvalue weighted by atomic mass is 16.4. The molecule has 0 fully saturated rings. The summed E-state index contributed by atoms with van der Waals surface area (Å²) in [6.45, 7) is 2.02. The van der Waals surface area contributed by atoms with Crippen molar-refractivity contribution in [2.45, 2.75) is 13.3 Å². The summed E-state index contributed by atoms with van der Waals surface area (Å²) in [5.74, 6) is -1.07. The second kappa shape index (κ2) is 6.96. The standard InChI is InChI=1S/C18H16N4O3/c1-2-11-7-8-19-14(9-11)22-17(23)13-6-4-3-5-12(13)15-16(18(24)25)21-10-20-15/h3-10H,2H2,1H3,(H,20,21)(H,24,25)(H,19,22,23). The Kier molecular flexibility index (Phi) is 4.56. The zero-order chi connectivity index (χ0) is 17.8. The number of anilines is 1. The Morgan fingerprint density at radius 1 is 1.20 bits per heavy atom. The maximum Gasteiger partial charge on any atom is 0.354 e. The monoisotopic (exact) mass is 336 g/mol. The van der Waals surface area contributed by atoms with Gasteiger partial charge in [0.2, 0.25) is 0 Å². The third-order valence-corrected chi connectivity index (χ3v) is 3.75. The van der Waals surface area contributed by atoms with Crippen LogP contribution in [-0.2, 0) is 6.42 Å². The molecule has 3 N–H and O–H groups in total. The van der Waals surface area contributed by atoms with Gasteiger partial charge in [-0.25, -0.2) is 14.8 Å². The Balaban J connectivity index is 1.96. The van der Waals surface area contributed by atoms with Crippen molar-refractivity contribution in [1.82, 2.24) is 15.0 Å². The molecule has 0 saturated heterocycles. The van der Waals surface area contributed by atoms with Crippen molar-refractivity contribution in [2.24, 2.45) is 0 Å². The van der Waals surface area contributed by atoms with Crippen LogP contribution in [0.3, 0.4) is 0 Å². The molecular formula is C18H16N4O3. The Morgan fingerprint density at radius 3 is 2.76 bits per heavy atom. The highest BCUT2D eigenvalue weighted by Gasteiger charge is 2.20. The second-order valence-corrected chi connectivity index (χ2v) is 5.33. The Bertz CT molecular complexity index is 933. The molecule has 126 valence electrons. The molecule has 2 aromatic heterocycles. The molecule has 0 aliphatic heterocycles. The van der Waals surface area contributed by atoms with E-state index < -0.39 is 5.97 Å². The van der Waals surface area contributed by atoms with E-state index in [0.29, 0.717) is 16.9 Å². The highest BCUT2D eigenvalue weighted by Crippen LogP contribution is 2.25. The predicted molar refractivity (Wildman–Crippen MR) is 92.6 cm³/mol. The predicted octanol–water partition coefficient (Wildman–Crippen LogP) is 2.98. The van der Waals surface area contributed by atoms with Crippen molar-refractivity contribution in [3.05, 3.63) is 65.7 Å². The Morgan fingerprint density at radius 2 is 2.00 bits per heavy atom. The molecule has 0 bridgehead atoms. The van der Waals surface area contributed by atoms with Crippen LogP contribution in [0.25, 0.3) is 11.3 Å². The largest absolute Gasteiger partial charge is 0.477 e. The van der Waals surface area contributed by atoms with E-state index in [2.05, 4.69) is 20.3 Å². The van der Waals surface area contributed by atoms with E-state index in [0.717, 1.165) is 12.0 Å². The van der Waals surface area contributed by atoms with E-state index in [9.17, 15) is 14.7 Å². The Labute approximate surface area is 143 Å². The van der Waals surface area contributed by atoms with Crippen LogP contribution in [0.2, 0.25) is 0 Å². The maximum atomic E-state index is 12.7. The number of aromatic nitrogens is 3.